The molecule has 0 saturated carbocycles. The number of benzene rings is 1. The van der Waals surface area contributed by atoms with Crippen LogP contribution in [0.25, 0.3) is 0 Å². The smallest absolute Gasteiger partial charge is 0.0384 e. The minimum atomic E-state index is 1.10. The van der Waals surface area contributed by atoms with Crippen LogP contribution in [0.5, 0.6) is 0 Å². The molecular weight excluding hydrogens is 182 g/mol. The Morgan fingerprint density at radius 1 is 1.07 bits per heavy atom. The van der Waals surface area contributed by atoms with Crippen molar-refractivity contribution in [3.8, 4) is 0 Å². The lowest BCUT2D eigenvalue weighted by Gasteiger charge is -2.05. The SMILES string of the molecule is C\C=C/C=C\C(=C/C)Nc1ccccc1. The lowest BCUT2D eigenvalue weighted by atomic mass is 10.3. The van der Waals surface area contributed by atoms with Gasteiger partial charge in [-0.1, -0.05) is 42.5 Å². The van der Waals surface area contributed by atoms with Crippen molar-refractivity contribution in [2.24, 2.45) is 0 Å². The molecule has 1 N–H and O–H groups in total. The maximum absolute atomic E-state index is 3.33. The van der Waals surface area contributed by atoms with Gasteiger partial charge in [0.25, 0.3) is 0 Å². The third-order valence-corrected chi connectivity index (χ3v) is 1.95. The molecule has 1 nitrogen and oxygen atoms in total. The van der Waals surface area contributed by atoms with Crippen LogP contribution in [0.1, 0.15) is 13.8 Å². The quantitative estimate of drug-likeness (QED) is 0.719. The summed E-state index contributed by atoms with van der Waals surface area (Å²) in [5, 5.41) is 3.33. The van der Waals surface area contributed by atoms with Crippen LogP contribution in [-0.2, 0) is 0 Å². The van der Waals surface area contributed by atoms with Gasteiger partial charge < -0.3 is 5.32 Å². The van der Waals surface area contributed by atoms with Gasteiger partial charge in [0, 0.05) is 11.4 Å². The lowest BCUT2D eigenvalue weighted by molar-refractivity contribution is 1.44. The molecule has 0 heterocycles. The Morgan fingerprint density at radius 2 is 1.80 bits per heavy atom. The first-order chi connectivity index (χ1) is 7.36. The predicted octanol–water partition coefficient (Wildman–Crippen LogP) is 4.13. The molecule has 0 unspecified atom stereocenters. The van der Waals surface area contributed by atoms with Crippen LogP contribution in [0.4, 0.5) is 5.69 Å². The summed E-state index contributed by atoms with van der Waals surface area (Å²) in [5.74, 6) is 0. The van der Waals surface area contributed by atoms with Gasteiger partial charge in [-0.15, -0.1) is 0 Å². The molecule has 0 amide bonds. The highest BCUT2D eigenvalue weighted by atomic mass is 14.9. The predicted molar refractivity (Wildman–Crippen MR) is 67.8 cm³/mol. The number of nitrogens with one attached hydrogen (secondary N) is 1. The Hall–Kier alpha value is -1.76. The molecule has 0 atom stereocenters. The Bertz CT molecular complexity index is 358. The molecular formula is C14H17N. The van der Waals surface area contributed by atoms with Gasteiger partial charge >= 0.3 is 0 Å². The third kappa shape index (κ3) is 4.32. The van der Waals surface area contributed by atoms with Gasteiger partial charge in [0.05, 0.1) is 0 Å². The highest BCUT2D eigenvalue weighted by molar-refractivity contribution is 5.50. The lowest BCUT2D eigenvalue weighted by Crippen LogP contribution is -1.95. The first-order valence-corrected chi connectivity index (χ1v) is 5.14. The normalized spacial score (nSPS) is 12.5. The van der Waals surface area contributed by atoms with Gasteiger partial charge in [-0.3, -0.25) is 0 Å². The minimum absolute atomic E-state index is 1.10. The topological polar surface area (TPSA) is 12.0 Å². The van der Waals surface area contributed by atoms with Crippen molar-refractivity contribution in [1.82, 2.24) is 0 Å². The molecule has 1 aromatic carbocycles. The van der Waals surface area contributed by atoms with E-state index in [0.717, 1.165) is 11.4 Å². The third-order valence-electron chi connectivity index (χ3n) is 1.95. The molecule has 0 aliphatic carbocycles. The van der Waals surface area contributed by atoms with E-state index < -0.39 is 0 Å². The van der Waals surface area contributed by atoms with Crippen LogP contribution in [0, 0.1) is 0 Å². The second-order valence-electron chi connectivity index (χ2n) is 3.12. The van der Waals surface area contributed by atoms with E-state index in [4.69, 9.17) is 0 Å². The molecule has 0 saturated heterocycles. The van der Waals surface area contributed by atoms with Crippen molar-refractivity contribution in [1.29, 1.82) is 0 Å². The molecule has 0 radical (unpaired) electrons. The van der Waals surface area contributed by atoms with E-state index in [-0.39, 0.29) is 0 Å². The number of anilines is 1. The Labute approximate surface area is 91.8 Å². The molecule has 0 spiro atoms. The number of hydrogen-bond donors (Lipinski definition) is 1. The van der Waals surface area contributed by atoms with Gasteiger partial charge in [0.2, 0.25) is 0 Å². The number of allylic oxidation sites excluding steroid dienone is 5. The zero-order valence-corrected chi connectivity index (χ0v) is 9.27. The van der Waals surface area contributed by atoms with E-state index in [0.29, 0.717) is 0 Å². The summed E-state index contributed by atoms with van der Waals surface area (Å²) in [6.45, 7) is 4.02. The zero-order valence-electron chi connectivity index (χ0n) is 9.27. The van der Waals surface area contributed by atoms with E-state index in [1.54, 1.807) is 0 Å². The fraction of sp³-hybridized carbons (Fsp3) is 0.143. The van der Waals surface area contributed by atoms with Crippen LogP contribution in [0.15, 0.2) is 66.4 Å². The fourth-order valence-corrected chi connectivity index (χ4v) is 1.17. The number of hydrogen-bond acceptors (Lipinski definition) is 1. The van der Waals surface area contributed by atoms with Gasteiger partial charge in [-0.25, -0.2) is 0 Å². The highest BCUT2D eigenvalue weighted by Crippen LogP contribution is 2.09. The van der Waals surface area contributed by atoms with Crippen LogP contribution in [0.3, 0.4) is 0 Å². The molecule has 15 heavy (non-hydrogen) atoms. The monoisotopic (exact) mass is 199 g/mol. The molecule has 0 fully saturated rings. The van der Waals surface area contributed by atoms with Crippen molar-refractivity contribution < 1.29 is 0 Å². The Kier molecular flexibility index (Phi) is 5.02. The van der Waals surface area contributed by atoms with Crippen molar-refractivity contribution in [3.63, 3.8) is 0 Å². The maximum atomic E-state index is 3.33. The summed E-state index contributed by atoms with van der Waals surface area (Å²) >= 11 is 0. The molecule has 1 aromatic rings. The average molecular weight is 199 g/mol. The Balaban J connectivity index is 2.63. The molecule has 0 aliphatic rings. The summed E-state index contributed by atoms with van der Waals surface area (Å²) in [6.07, 6.45) is 10.1. The van der Waals surface area contributed by atoms with Gasteiger partial charge in [0.15, 0.2) is 0 Å². The van der Waals surface area contributed by atoms with Crippen molar-refractivity contribution in [2.45, 2.75) is 13.8 Å². The van der Waals surface area contributed by atoms with E-state index in [1.807, 2.05) is 74.6 Å². The van der Waals surface area contributed by atoms with Crippen LogP contribution >= 0.6 is 0 Å². The van der Waals surface area contributed by atoms with Crippen LogP contribution in [-0.4, -0.2) is 0 Å². The van der Waals surface area contributed by atoms with Crippen LogP contribution in [0.2, 0.25) is 0 Å². The molecule has 0 bridgehead atoms. The second kappa shape index (κ2) is 6.66. The largest absolute Gasteiger partial charge is 0.356 e. The molecule has 1 heteroatoms. The summed E-state index contributed by atoms with van der Waals surface area (Å²) in [4.78, 5) is 0. The maximum Gasteiger partial charge on any atom is 0.0384 e. The second-order valence-corrected chi connectivity index (χ2v) is 3.12. The first kappa shape index (κ1) is 11.3. The summed E-state index contributed by atoms with van der Waals surface area (Å²) in [5.41, 5.74) is 2.20. The van der Waals surface area contributed by atoms with E-state index in [2.05, 4.69) is 5.32 Å². The van der Waals surface area contributed by atoms with E-state index in [1.165, 1.54) is 0 Å². The van der Waals surface area contributed by atoms with Crippen molar-refractivity contribution >= 4 is 5.69 Å². The van der Waals surface area contributed by atoms with Gasteiger partial charge in [-0.05, 0) is 32.1 Å². The summed E-state index contributed by atoms with van der Waals surface area (Å²) in [6, 6.07) is 10.1. The standard InChI is InChI=1S/C14H17N/c1-3-5-7-10-13(4-2)15-14-11-8-6-9-12-14/h3-12,15H,1-2H3/b5-3-,10-7-,13-4+. The summed E-state index contributed by atoms with van der Waals surface area (Å²) in [7, 11) is 0. The van der Waals surface area contributed by atoms with Crippen molar-refractivity contribution in [3.05, 3.63) is 66.4 Å². The van der Waals surface area contributed by atoms with Gasteiger partial charge in [-0.2, -0.15) is 0 Å². The Morgan fingerprint density at radius 3 is 2.40 bits per heavy atom. The molecule has 0 aliphatic heterocycles. The van der Waals surface area contributed by atoms with Crippen LogP contribution < -0.4 is 5.32 Å². The summed E-state index contributed by atoms with van der Waals surface area (Å²) < 4.78 is 0. The molecule has 1 rings (SSSR count). The zero-order chi connectivity index (χ0) is 10.9. The minimum Gasteiger partial charge on any atom is -0.356 e. The fourth-order valence-electron chi connectivity index (χ4n) is 1.17. The highest BCUT2D eigenvalue weighted by Gasteiger charge is 1.90. The van der Waals surface area contributed by atoms with Crippen molar-refractivity contribution in [2.75, 3.05) is 5.32 Å². The first-order valence-electron chi connectivity index (χ1n) is 5.14. The molecule has 78 valence electrons. The number of rotatable bonds is 4. The number of para-hydroxylation sites is 1. The van der Waals surface area contributed by atoms with Gasteiger partial charge in [0.1, 0.15) is 0 Å². The average Bonchev–Trinajstić information content (AvgIpc) is 2.29. The molecule has 0 aromatic heterocycles. The van der Waals surface area contributed by atoms with E-state index >= 15 is 0 Å². The van der Waals surface area contributed by atoms with E-state index in [9.17, 15) is 0 Å².